The Balaban J connectivity index is 2.09. The van der Waals surface area contributed by atoms with E-state index in [1.807, 2.05) is 43.3 Å². The minimum atomic E-state index is -0.727. The number of aliphatic imine (C=N–C) groups is 1. The first-order valence-corrected chi connectivity index (χ1v) is 11.2. The molecule has 1 aliphatic rings. The Morgan fingerprint density at radius 1 is 1.26 bits per heavy atom. The van der Waals surface area contributed by atoms with Crippen LogP contribution in [-0.4, -0.2) is 49.4 Å². The molecule has 1 aliphatic carbocycles. The number of amides is 2. The summed E-state index contributed by atoms with van der Waals surface area (Å²) in [5.41, 5.74) is 6.46. The van der Waals surface area contributed by atoms with Crippen molar-refractivity contribution in [1.82, 2.24) is 5.32 Å². The van der Waals surface area contributed by atoms with Crippen molar-refractivity contribution in [1.29, 1.82) is 0 Å². The van der Waals surface area contributed by atoms with Gasteiger partial charge in [-0.25, -0.2) is 10.1 Å². The molecule has 3 N–H and O–H groups in total. The average molecular weight is 484 g/mol. The largest absolute Gasteiger partial charge is 0.489 e. The maximum absolute atomic E-state index is 12.8. The minimum absolute atomic E-state index is 0.231. The summed E-state index contributed by atoms with van der Waals surface area (Å²) in [6.45, 7) is 7.80. The Morgan fingerprint density at radius 3 is 2.63 bits per heavy atom. The van der Waals surface area contributed by atoms with Gasteiger partial charge < -0.3 is 24.7 Å². The molecule has 1 unspecified atom stereocenters. The lowest BCUT2D eigenvalue weighted by molar-refractivity contribution is -0.114. The molecule has 188 valence electrons. The molecule has 0 fully saturated rings. The number of nitrogens with two attached hydrogens (primary N) is 1. The third-order valence-electron chi connectivity index (χ3n) is 4.38. The second kappa shape index (κ2) is 13.3. The summed E-state index contributed by atoms with van der Waals surface area (Å²) < 4.78 is 22.1. The van der Waals surface area contributed by atoms with E-state index < -0.39 is 23.7 Å². The first-order chi connectivity index (χ1) is 16.6. The molecule has 0 aromatic heterocycles. The number of alkyl carbamates (subject to hydrolysis) is 1. The fourth-order valence-electron chi connectivity index (χ4n) is 3.00. The van der Waals surface area contributed by atoms with Crippen LogP contribution in [0, 0.1) is 12.0 Å². The summed E-state index contributed by atoms with van der Waals surface area (Å²) in [4.78, 5) is 28.3. The van der Waals surface area contributed by atoms with Gasteiger partial charge in [0.2, 0.25) is 0 Å². The number of rotatable bonds is 8. The summed E-state index contributed by atoms with van der Waals surface area (Å²) in [5, 5.41) is 2.23. The van der Waals surface area contributed by atoms with Crippen LogP contribution < -0.4 is 11.1 Å². The number of ether oxygens (including phenoxy) is 4. The van der Waals surface area contributed by atoms with Gasteiger partial charge in [-0.05, 0) is 51.3 Å². The highest BCUT2D eigenvalue weighted by Gasteiger charge is 2.23. The standard InChI is InChI=1S/C26H33N3O6/c1-18(16-32-5)34-22-14-20(13-21(15-22)33-17-19-9-7-6-8-10-19)24(30)29-23(27)11-12-28-25(31)35-26(2,3)4/h6-10,14-15,18,21H,13,16-17H2,1-5H3,(H,28,31)(H2,27,29,30)/t18-,21?/m0/s1. The molecule has 2 amide bonds. The first kappa shape index (κ1) is 27.6. The second-order valence-corrected chi connectivity index (χ2v) is 8.84. The highest BCUT2D eigenvalue weighted by Crippen LogP contribution is 2.24. The average Bonchev–Trinajstić information content (AvgIpc) is 2.77. The molecule has 9 heteroatoms. The maximum atomic E-state index is 12.8. The van der Waals surface area contributed by atoms with Crippen molar-refractivity contribution in [2.75, 3.05) is 13.7 Å². The fraction of sp³-hybridized carbons (Fsp3) is 0.423. The Labute approximate surface area is 206 Å². The quantitative estimate of drug-likeness (QED) is 0.252. The van der Waals surface area contributed by atoms with Crippen LogP contribution in [0.3, 0.4) is 0 Å². The van der Waals surface area contributed by atoms with Crippen LogP contribution in [0.4, 0.5) is 4.79 Å². The monoisotopic (exact) mass is 483 g/mol. The Kier molecular flexibility index (Phi) is 10.5. The number of hydrogen-bond donors (Lipinski definition) is 2. The SMILES string of the molecule is COC[C@H](C)OC1=CC(OCc2ccccc2)CC(C(=O)N=C(N)C#CNC(=O)OC(C)(C)C)=C1. The molecule has 9 nitrogen and oxygen atoms in total. The van der Waals surface area contributed by atoms with E-state index in [2.05, 4.69) is 22.3 Å². The van der Waals surface area contributed by atoms with Gasteiger partial charge in [-0.15, -0.1) is 0 Å². The molecule has 2 atom stereocenters. The molecule has 0 saturated heterocycles. The predicted molar refractivity (Wildman–Crippen MR) is 132 cm³/mol. The number of benzene rings is 1. The molecule has 0 saturated carbocycles. The highest BCUT2D eigenvalue weighted by atomic mass is 16.6. The lowest BCUT2D eigenvalue weighted by Gasteiger charge is -2.23. The Hall–Kier alpha value is -3.61. The maximum Gasteiger partial charge on any atom is 0.419 e. The van der Waals surface area contributed by atoms with Crippen molar-refractivity contribution < 1.29 is 28.5 Å². The van der Waals surface area contributed by atoms with Gasteiger partial charge in [0.1, 0.15) is 17.5 Å². The van der Waals surface area contributed by atoms with Crippen LogP contribution in [0.25, 0.3) is 0 Å². The molecule has 0 spiro atoms. The normalized spacial score (nSPS) is 16.7. The Morgan fingerprint density at radius 2 is 1.97 bits per heavy atom. The van der Waals surface area contributed by atoms with Gasteiger partial charge >= 0.3 is 6.09 Å². The van der Waals surface area contributed by atoms with E-state index in [-0.39, 0.29) is 18.4 Å². The van der Waals surface area contributed by atoms with Gasteiger partial charge in [0, 0.05) is 25.1 Å². The van der Waals surface area contributed by atoms with Crippen molar-refractivity contribution >= 4 is 17.8 Å². The van der Waals surface area contributed by atoms with Crippen LogP contribution in [0.2, 0.25) is 0 Å². The summed E-state index contributed by atoms with van der Waals surface area (Å²) in [6, 6.07) is 12.1. The zero-order chi connectivity index (χ0) is 25.8. The highest BCUT2D eigenvalue weighted by molar-refractivity contribution is 6.08. The number of nitrogens with zero attached hydrogens (tertiary/aromatic N) is 1. The molecule has 0 radical (unpaired) electrons. The van der Waals surface area contributed by atoms with Crippen LogP contribution in [-0.2, 0) is 30.3 Å². The zero-order valence-electron chi connectivity index (χ0n) is 20.8. The number of methoxy groups -OCH3 is 1. The number of hydrogen-bond acceptors (Lipinski definition) is 6. The smallest absolute Gasteiger partial charge is 0.419 e. The van der Waals surface area contributed by atoms with E-state index in [0.717, 1.165) is 5.56 Å². The van der Waals surface area contributed by atoms with Crippen molar-refractivity contribution in [3.8, 4) is 12.0 Å². The summed E-state index contributed by atoms with van der Waals surface area (Å²) >= 11 is 0. The van der Waals surface area contributed by atoms with Gasteiger partial charge in [0.25, 0.3) is 5.91 Å². The van der Waals surface area contributed by atoms with E-state index in [9.17, 15) is 9.59 Å². The summed E-state index contributed by atoms with van der Waals surface area (Å²) in [5.74, 6) is 2.07. The number of allylic oxidation sites excluding steroid dienone is 1. The zero-order valence-corrected chi connectivity index (χ0v) is 20.8. The number of carbonyl (C=O) groups is 2. The van der Waals surface area contributed by atoms with Gasteiger partial charge in [-0.2, -0.15) is 4.99 Å². The molecule has 0 bridgehead atoms. The molecular formula is C26H33N3O6. The minimum Gasteiger partial charge on any atom is -0.489 e. The predicted octanol–water partition coefficient (Wildman–Crippen LogP) is 3.21. The van der Waals surface area contributed by atoms with Crippen molar-refractivity contribution in [2.24, 2.45) is 10.7 Å². The third kappa shape index (κ3) is 10.9. The van der Waals surface area contributed by atoms with Crippen molar-refractivity contribution in [2.45, 2.75) is 58.5 Å². The van der Waals surface area contributed by atoms with Crippen LogP contribution >= 0.6 is 0 Å². The number of amidine groups is 1. The van der Waals surface area contributed by atoms with Gasteiger partial charge in [-0.3, -0.25) is 4.79 Å². The van der Waals surface area contributed by atoms with E-state index in [0.29, 0.717) is 24.5 Å². The molecule has 1 aromatic carbocycles. The molecular weight excluding hydrogens is 450 g/mol. The summed E-state index contributed by atoms with van der Waals surface area (Å²) in [7, 11) is 1.59. The van der Waals surface area contributed by atoms with Crippen molar-refractivity contribution in [3.63, 3.8) is 0 Å². The number of nitrogens with one attached hydrogen (secondary N) is 1. The molecule has 35 heavy (non-hydrogen) atoms. The fourth-order valence-corrected chi connectivity index (χ4v) is 3.00. The van der Waals surface area contributed by atoms with Crippen LogP contribution in [0.15, 0.2) is 58.8 Å². The van der Waals surface area contributed by atoms with Gasteiger partial charge in [0.05, 0.1) is 19.3 Å². The van der Waals surface area contributed by atoms with E-state index in [4.69, 9.17) is 24.7 Å². The molecule has 0 aliphatic heterocycles. The third-order valence-corrected chi connectivity index (χ3v) is 4.38. The van der Waals surface area contributed by atoms with Crippen molar-refractivity contribution in [3.05, 3.63) is 59.4 Å². The van der Waals surface area contributed by atoms with E-state index in [1.54, 1.807) is 34.0 Å². The summed E-state index contributed by atoms with van der Waals surface area (Å²) in [6.07, 6.45) is 2.36. The number of carbonyl (C=O) groups excluding carboxylic acids is 2. The lowest BCUT2D eigenvalue weighted by atomic mass is 10.0. The van der Waals surface area contributed by atoms with Gasteiger partial charge in [-0.1, -0.05) is 30.3 Å². The first-order valence-electron chi connectivity index (χ1n) is 11.2. The topological polar surface area (TPSA) is 121 Å². The van der Waals surface area contributed by atoms with E-state index >= 15 is 0 Å². The van der Waals surface area contributed by atoms with Gasteiger partial charge in [0.15, 0.2) is 5.84 Å². The van der Waals surface area contributed by atoms with E-state index in [1.165, 1.54) is 0 Å². The lowest BCUT2D eigenvalue weighted by Crippen LogP contribution is -2.30. The van der Waals surface area contributed by atoms with Crippen LogP contribution in [0.5, 0.6) is 0 Å². The van der Waals surface area contributed by atoms with Crippen LogP contribution in [0.1, 0.15) is 39.7 Å². The molecule has 1 aromatic rings. The molecule has 0 heterocycles. The molecule has 2 rings (SSSR count). The second-order valence-electron chi connectivity index (χ2n) is 8.84. The Bertz CT molecular complexity index is 1030.